The Kier molecular flexibility index (Phi) is 6.50. The quantitative estimate of drug-likeness (QED) is 0.746. The third-order valence-electron chi connectivity index (χ3n) is 5.45. The molecular formula is C21H31N7O2. The van der Waals surface area contributed by atoms with Crippen molar-refractivity contribution in [2.24, 2.45) is 11.7 Å². The molecule has 2 heterocycles. The molecule has 0 bridgehead atoms. The van der Waals surface area contributed by atoms with Gasteiger partial charge in [0.1, 0.15) is 6.04 Å². The number of nitrogens with one attached hydrogen (secondary N) is 1. The summed E-state index contributed by atoms with van der Waals surface area (Å²) in [6.45, 7) is 10.2. The first-order valence-corrected chi connectivity index (χ1v) is 10.3. The minimum Gasteiger partial charge on any atom is -0.369 e. The van der Waals surface area contributed by atoms with Crippen LogP contribution < -0.4 is 11.1 Å². The Labute approximate surface area is 177 Å². The average Bonchev–Trinajstić information content (AvgIpc) is 3.19. The van der Waals surface area contributed by atoms with Crippen LogP contribution in [0.5, 0.6) is 0 Å². The Balaban J connectivity index is 1.60. The number of primary amides is 1. The van der Waals surface area contributed by atoms with E-state index < -0.39 is 6.04 Å². The van der Waals surface area contributed by atoms with Crippen molar-refractivity contribution in [3.8, 4) is 0 Å². The number of tetrazole rings is 1. The topological polar surface area (TPSA) is 119 Å². The van der Waals surface area contributed by atoms with E-state index in [2.05, 4.69) is 25.7 Å². The van der Waals surface area contributed by atoms with Crippen molar-refractivity contribution in [3.63, 3.8) is 0 Å². The number of anilines is 1. The van der Waals surface area contributed by atoms with Crippen molar-refractivity contribution in [1.82, 2.24) is 25.1 Å². The standard InChI is InChI=1S/C21H31N7O2/c1-14(28-20(21(2,3)4)24-25-26-28)19(30)23-17-9-7-15(8-10-17)12-27-11-5-6-16(13-27)18(22)29/h7-10,14,16H,5-6,11-13H2,1-4H3,(H2,22,29)(H,23,30)/t14-,16+/m0/s1. The van der Waals surface area contributed by atoms with E-state index in [0.717, 1.165) is 37.2 Å². The molecule has 1 aliphatic rings. The lowest BCUT2D eigenvalue weighted by atomic mass is 9.95. The molecule has 1 aromatic heterocycles. The van der Waals surface area contributed by atoms with Crippen LogP contribution in [0, 0.1) is 5.92 Å². The van der Waals surface area contributed by atoms with Crippen LogP contribution in [0.25, 0.3) is 0 Å². The highest BCUT2D eigenvalue weighted by atomic mass is 16.2. The first kappa shape index (κ1) is 21.9. The van der Waals surface area contributed by atoms with Crippen LogP contribution in [0.15, 0.2) is 24.3 Å². The molecule has 9 nitrogen and oxygen atoms in total. The maximum Gasteiger partial charge on any atom is 0.249 e. The minimum atomic E-state index is -0.534. The predicted molar refractivity (Wildman–Crippen MR) is 113 cm³/mol. The van der Waals surface area contributed by atoms with Gasteiger partial charge in [0.2, 0.25) is 11.8 Å². The lowest BCUT2D eigenvalue weighted by Crippen LogP contribution is -2.40. The van der Waals surface area contributed by atoms with Gasteiger partial charge in [0.15, 0.2) is 5.82 Å². The molecule has 0 saturated carbocycles. The van der Waals surface area contributed by atoms with E-state index in [0.29, 0.717) is 12.4 Å². The van der Waals surface area contributed by atoms with E-state index in [1.165, 1.54) is 0 Å². The number of hydrogen-bond acceptors (Lipinski definition) is 6. The van der Waals surface area contributed by atoms with E-state index in [1.807, 2.05) is 45.0 Å². The lowest BCUT2D eigenvalue weighted by Gasteiger charge is -2.31. The molecule has 2 amide bonds. The van der Waals surface area contributed by atoms with Crippen molar-refractivity contribution in [2.45, 2.75) is 58.5 Å². The largest absolute Gasteiger partial charge is 0.369 e. The summed E-state index contributed by atoms with van der Waals surface area (Å²) < 4.78 is 1.56. The summed E-state index contributed by atoms with van der Waals surface area (Å²) in [5, 5.41) is 14.7. The molecule has 0 unspecified atom stereocenters. The van der Waals surface area contributed by atoms with Gasteiger partial charge < -0.3 is 11.1 Å². The number of hydrogen-bond donors (Lipinski definition) is 2. The molecule has 3 rings (SSSR count). The molecule has 2 atom stereocenters. The van der Waals surface area contributed by atoms with Crippen molar-refractivity contribution in [1.29, 1.82) is 0 Å². The summed E-state index contributed by atoms with van der Waals surface area (Å²) in [5.74, 6) is 0.198. The van der Waals surface area contributed by atoms with Crippen molar-refractivity contribution in [3.05, 3.63) is 35.7 Å². The fourth-order valence-corrected chi connectivity index (χ4v) is 3.69. The zero-order chi connectivity index (χ0) is 21.9. The van der Waals surface area contributed by atoms with E-state index in [1.54, 1.807) is 11.6 Å². The number of benzene rings is 1. The minimum absolute atomic E-state index is 0.0666. The van der Waals surface area contributed by atoms with Gasteiger partial charge in [-0.3, -0.25) is 14.5 Å². The summed E-state index contributed by atoms with van der Waals surface area (Å²) in [7, 11) is 0. The van der Waals surface area contributed by atoms with Crippen LogP contribution in [0.1, 0.15) is 58.0 Å². The molecule has 0 aliphatic carbocycles. The fourth-order valence-electron chi connectivity index (χ4n) is 3.69. The number of amides is 2. The molecule has 1 aromatic carbocycles. The van der Waals surface area contributed by atoms with Crippen molar-refractivity contribution >= 4 is 17.5 Å². The second-order valence-corrected chi connectivity index (χ2v) is 9.04. The lowest BCUT2D eigenvalue weighted by molar-refractivity contribution is -0.123. The molecule has 2 aromatic rings. The van der Waals surface area contributed by atoms with E-state index in [9.17, 15) is 9.59 Å². The fraction of sp³-hybridized carbons (Fsp3) is 0.571. The maximum atomic E-state index is 12.7. The third kappa shape index (κ3) is 5.21. The molecule has 30 heavy (non-hydrogen) atoms. The molecule has 0 radical (unpaired) electrons. The third-order valence-corrected chi connectivity index (χ3v) is 5.45. The van der Waals surface area contributed by atoms with Gasteiger partial charge in [-0.05, 0) is 54.4 Å². The van der Waals surface area contributed by atoms with Gasteiger partial charge in [0, 0.05) is 24.2 Å². The highest BCUT2D eigenvalue weighted by Gasteiger charge is 2.27. The van der Waals surface area contributed by atoms with Gasteiger partial charge in [-0.1, -0.05) is 32.9 Å². The van der Waals surface area contributed by atoms with Crippen LogP contribution in [-0.4, -0.2) is 50.0 Å². The Morgan fingerprint density at radius 1 is 1.27 bits per heavy atom. The molecule has 0 spiro atoms. The molecule has 1 fully saturated rings. The number of piperidine rings is 1. The number of carbonyl (C=O) groups is 2. The monoisotopic (exact) mass is 413 g/mol. The number of nitrogens with two attached hydrogens (primary N) is 1. The van der Waals surface area contributed by atoms with Gasteiger partial charge >= 0.3 is 0 Å². The zero-order valence-electron chi connectivity index (χ0n) is 18.1. The molecular weight excluding hydrogens is 382 g/mol. The highest BCUT2D eigenvalue weighted by Crippen LogP contribution is 2.23. The van der Waals surface area contributed by atoms with Gasteiger partial charge in [-0.15, -0.1) is 5.10 Å². The summed E-state index contributed by atoms with van der Waals surface area (Å²) in [4.78, 5) is 26.4. The van der Waals surface area contributed by atoms with E-state index in [4.69, 9.17) is 5.73 Å². The molecule has 1 saturated heterocycles. The second kappa shape index (κ2) is 8.91. The Hall–Kier alpha value is -2.81. The zero-order valence-corrected chi connectivity index (χ0v) is 18.1. The predicted octanol–water partition coefficient (Wildman–Crippen LogP) is 1.87. The van der Waals surface area contributed by atoms with Crippen LogP contribution >= 0.6 is 0 Å². The Morgan fingerprint density at radius 3 is 2.60 bits per heavy atom. The summed E-state index contributed by atoms with van der Waals surface area (Å²) >= 11 is 0. The van der Waals surface area contributed by atoms with Crippen molar-refractivity contribution in [2.75, 3.05) is 18.4 Å². The highest BCUT2D eigenvalue weighted by molar-refractivity contribution is 5.93. The van der Waals surface area contributed by atoms with E-state index in [-0.39, 0.29) is 23.1 Å². The van der Waals surface area contributed by atoms with Crippen LogP contribution in [-0.2, 0) is 21.5 Å². The average molecular weight is 414 g/mol. The van der Waals surface area contributed by atoms with Crippen molar-refractivity contribution < 1.29 is 9.59 Å². The number of likely N-dealkylation sites (tertiary alicyclic amines) is 1. The second-order valence-electron chi connectivity index (χ2n) is 9.04. The Morgan fingerprint density at radius 2 is 1.97 bits per heavy atom. The first-order valence-electron chi connectivity index (χ1n) is 10.3. The van der Waals surface area contributed by atoms with Crippen LogP contribution in [0.2, 0.25) is 0 Å². The molecule has 162 valence electrons. The number of carbonyl (C=O) groups excluding carboxylic acids is 2. The number of rotatable bonds is 6. The number of aromatic nitrogens is 4. The smallest absolute Gasteiger partial charge is 0.249 e. The van der Waals surface area contributed by atoms with Gasteiger partial charge in [-0.2, -0.15) is 0 Å². The maximum absolute atomic E-state index is 12.7. The van der Waals surface area contributed by atoms with Gasteiger partial charge in [0.05, 0.1) is 5.92 Å². The summed E-state index contributed by atoms with van der Waals surface area (Å²) in [5.41, 5.74) is 7.04. The summed E-state index contributed by atoms with van der Waals surface area (Å²) in [6, 6.07) is 7.23. The van der Waals surface area contributed by atoms with E-state index >= 15 is 0 Å². The Bertz CT molecular complexity index is 886. The van der Waals surface area contributed by atoms with Gasteiger partial charge in [0.25, 0.3) is 0 Å². The first-order chi connectivity index (χ1) is 14.1. The summed E-state index contributed by atoms with van der Waals surface area (Å²) in [6.07, 6.45) is 1.85. The molecule has 3 N–H and O–H groups in total. The van der Waals surface area contributed by atoms with Gasteiger partial charge in [-0.25, -0.2) is 4.68 Å². The van der Waals surface area contributed by atoms with Crippen LogP contribution in [0.3, 0.4) is 0 Å². The molecule has 1 aliphatic heterocycles. The van der Waals surface area contributed by atoms with Crippen LogP contribution in [0.4, 0.5) is 5.69 Å². The normalized spacial score (nSPS) is 18.7. The molecule has 9 heteroatoms. The SMILES string of the molecule is C[C@@H](C(=O)Nc1ccc(CN2CCC[C@@H](C(N)=O)C2)cc1)n1nnnc1C(C)(C)C. The number of nitrogens with zero attached hydrogens (tertiary/aromatic N) is 5.